The van der Waals surface area contributed by atoms with E-state index >= 15 is 0 Å². The van der Waals surface area contributed by atoms with Crippen LogP contribution in [-0.2, 0) is 11.3 Å². The maximum Gasteiger partial charge on any atom is 0.261 e. The van der Waals surface area contributed by atoms with E-state index in [0.29, 0.717) is 11.1 Å². The van der Waals surface area contributed by atoms with Crippen molar-refractivity contribution in [3.8, 4) is 0 Å². The Morgan fingerprint density at radius 1 is 0.929 bits per heavy atom. The molecule has 1 fully saturated rings. The SMILES string of the molecule is O=C(CCN1C(=O)c2ccccc2C1=O)Nc1cccc(CN2CCCC2)c1. The molecule has 0 unspecified atom stereocenters. The molecule has 0 atom stereocenters. The molecule has 3 amide bonds. The summed E-state index contributed by atoms with van der Waals surface area (Å²) in [6, 6.07) is 14.6. The number of nitrogens with one attached hydrogen (secondary N) is 1. The molecule has 2 aliphatic rings. The van der Waals surface area contributed by atoms with Crippen molar-refractivity contribution in [2.75, 3.05) is 25.0 Å². The summed E-state index contributed by atoms with van der Waals surface area (Å²) in [7, 11) is 0. The monoisotopic (exact) mass is 377 g/mol. The summed E-state index contributed by atoms with van der Waals surface area (Å²) in [6.45, 7) is 3.21. The van der Waals surface area contributed by atoms with Crippen LogP contribution in [0.15, 0.2) is 48.5 Å². The Labute approximate surface area is 164 Å². The molecule has 2 heterocycles. The van der Waals surface area contributed by atoms with E-state index in [2.05, 4.69) is 16.3 Å². The van der Waals surface area contributed by atoms with Gasteiger partial charge in [0.25, 0.3) is 11.8 Å². The molecule has 0 radical (unpaired) electrons. The second-order valence-electron chi connectivity index (χ2n) is 7.29. The standard InChI is InChI=1S/C22H23N3O3/c26-20(10-13-25-21(27)18-8-1-2-9-19(18)22(25)28)23-17-7-5-6-16(14-17)15-24-11-3-4-12-24/h1-2,5-9,14H,3-4,10-13,15H2,(H,23,26). The van der Waals surface area contributed by atoms with Gasteiger partial charge in [-0.05, 0) is 55.8 Å². The number of anilines is 1. The van der Waals surface area contributed by atoms with E-state index in [1.165, 1.54) is 18.4 Å². The van der Waals surface area contributed by atoms with Crippen LogP contribution in [0.4, 0.5) is 5.69 Å². The summed E-state index contributed by atoms with van der Waals surface area (Å²) in [5, 5.41) is 2.88. The molecular formula is C22H23N3O3. The van der Waals surface area contributed by atoms with Crippen LogP contribution in [0.1, 0.15) is 45.5 Å². The first kappa shape index (κ1) is 18.4. The average Bonchev–Trinajstić information content (AvgIpc) is 3.28. The maximum absolute atomic E-state index is 12.4. The molecule has 4 rings (SSSR count). The molecule has 2 aromatic carbocycles. The van der Waals surface area contributed by atoms with Crippen LogP contribution < -0.4 is 5.32 Å². The first-order chi connectivity index (χ1) is 13.6. The Morgan fingerprint density at radius 2 is 1.61 bits per heavy atom. The number of carbonyl (C=O) groups is 3. The van der Waals surface area contributed by atoms with E-state index in [4.69, 9.17) is 0 Å². The Bertz CT molecular complexity index is 884. The van der Waals surface area contributed by atoms with Crippen LogP contribution >= 0.6 is 0 Å². The molecule has 0 aromatic heterocycles. The molecular weight excluding hydrogens is 354 g/mol. The highest BCUT2D eigenvalue weighted by atomic mass is 16.2. The normalized spacial score (nSPS) is 16.5. The van der Waals surface area contributed by atoms with Gasteiger partial charge < -0.3 is 5.32 Å². The summed E-state index contributed by atoms with van der Waals surface area (Å²) in [5.41, 5.74) is 2.72. The Hall–Kier alpha value is -2.99. The fourth-order valence-corrected chi connectivity index (χ4v) is 3.83. The zero-order valence-corrected chi connectivity index (χ0v) is 15.7. The minimum atomic E-state index is -0.332. The zero-order valence-electron chi connectivity index (χ0n) is 15.7. The van der Waals surface area contributed by atoms with Crippen molar-refractivity contribution in [2.45, 2.75) is 25.8 Å². The molecule has 0 bridgehead atoms. The summed E-state index contributed by atoms with van der Waals surface area (Å²) in [4.78, 5) is 40.6. The lowest BCUT2D eigenvalue weighted by Gasteiger charge is -2.16. The molecule has 2 aliphatic heterocycles. The molecule has 2 aromatic rings. The number of fused-ring (bicyclic) bond motifs is 1. The van der Waals surface area contributed by atoms with Gasteiger partial charge in [0.1, 0.15) is 0 Å². The molecule has 0 spiro atoms. The molecule has 0 aliphatic carbocycles. The fraction of sp³-hybridized carbons (Fsp3) is 0.318. The molecule has 0 saturated carbocycles. The summed E-state index contributed by atoms with van der Waals surface area (Å²) in [5.74, 6) is -0.878. The second kappa shape index (κ2) is 7.94. The van der Waals surface area contributed by atoms with Crippen LogP contribution in [0.25, 0.3) is 0 Å². The smallest absolute Gasteiger partial charge is 0.261 e. The van der Waals surface area contributed by atoms with Crippen molar-refractivity contribution in [2.24, 2.45) is 0 Å². The number of hydrogen-bond donors (Lipinski definition) is 1. The van der Waals surface area contributed by atoms with Gasteiger partial charge in [0, 0.05) is 25.2 Å². The van der Waals surface area contributed by atoms with Crippen LogP contribution in [-0.4, -0.2) is 47.2 Å². The van der Waals surface area contributed by atoms with Crippen molar-refractivity contribution in [1.29, 1.82) is 0 Å². The lowest BCUT2D eigenvalue weighted by atomic mass is 10.1. The summed E-state index contributed by atoms with van der Waals surface area (Å²) in [6.07, 6.45) is 2.56. The van der Waals surface area contributed by atoms with E-state index in [-0.39, 0.29) is 30.7 Å². The minimum absolute atomic E-state index is 0.0713. The fourth-order valence-electron chi connectivity index (χ4n) is 3.83. The van der Waals surface area contributed by atoms with Gasteiger partial charge in [-0.1, -0.05) is 24.3 Å². The van der Waals surface area contributed by atoms with Crippen LogP contribution in [0, 0.1) is 0 Å². The topological polar surface area (TPSA) is 69.7 Å². The molecule has 6 nitrogen and oxygen atoms in total. The van der Waals surface area contributed by atoms with Gasteiger partial charge >= 0.3 is 0 Å². The lowest BCUT2D eigenvalue weighted by molar-refractivity contribution is -0.116. The van der Waals surface area contributed by atoms with Crippen molar-refractivity contribution in [3.63, 3.8) is 0 Å². The van der Waals surface area contributed by atoms with Gasteiger partial charge in [-0.15, -0.1) is 0 Å². The first-order valence-corrected chi connectivity index (χ1v) is 9.68. The van der Waals surface area contributed by atoms with E-state index in [1.54, 1.807) is 24.3 Å². The van der Waals surface area contributed by atoms with E-state index in [1.807, 2.05) is 18.2 Å². The third kappa shape index (κ3) is 3.82. The highest BCUT2D eigenvalue weighted by Gasteiger charge is 2.34. The van der Waals surface area contributed by atoms with Crippen LogP contribution in [0.2, 0.25) is 0 Å². The predicted octanol–water partition coefficient (Wildman–Crippen LogP) is 2.91. The third-order valence-corrected chi connectivity index (χ3v) is 5.26. The van der Waals surface area contributed by atoms with Crippen LogP contribution in [0.5, 0.6) is 0 Å². The predicted molar refractivity (Wildman–Crippen MR) is 106 cm³/mol. The molecule has 6 heteroatoms. The van der Waals surface area contributed by atoms with E-state index in [0.717, 1.165) is 30.2 Å². The highest BCUT2D eigenvalue weighted by molar-refractivity contribution is 6.21. The van der Waals surface area contributed by atoms with Gasteiger partial charge in [0.15, 0.2) is 0 Å². The van der Waals surface area contributed by atoms with Crippen molar-refractivity contribution < 1.29 is 14.4 Å². The summed E-state index contributed by atoms with van der Waals surface area (Å²) < 4.78 is 0. The largest absolute Gasteiger partial charge is 0.326 e. The van der Waals surface area contributed by atoms with Gasteiger partial charge in [0.2, 0.25) is 5.91 Å². The Balaban J connectivity index is 1.33. The average molecular weight is 377 g/mol. The maximum atomic E-state index is 12.4. The van der Waals surface area contributed by atoms with Crippen molar-refractivity contribution >= 4 is 23.4 Å². The molecule has 1 N–H and O–H groups in total. The van der Waals surface area contributed by atoms with Gasteiger partial charge in [-0.2, -0.15) is 0 Å². The van der Waals surface area contributed by atoms with Gasteiger partial charge in [0.05, 0.1) is 11.1 Å². The van der Waals surface area contributed by atoms with E-state index in [9.17, 15) is 14.4 Å². The van der Waals surface area contributed by atoms with Crippen molar-refractivity contribution in [1.82, 2.24) is 9.80 Å². The van der Waals surface area contributed by atoms with Crippen molar-refractivity contribution in [3.05, 3.63) is 65.2 Å². The van der Waals surface area contributed by atoms with Crippen LogP contribution in [0.3, 0.4) is 0 Å². The number of likely N-dealkylation sites (tertiary alicyclic amines) is 1. The number of imide groups is 1. The highest BCUT2D eigenvalue weighted by Crippen LogP contribution is 2.22. The number of nitrogens with zero attached hydrogens (tertiary/aromatic N) is 2. The number of carbonyl (C=O) groups excluding carboxylic acids is 3. The summed E-state index contributed by atoms with van der Waals surface area (Å²) >= 11 is 0. The zero-order chi connectivity index (χ0) is 19.5. The lowest BCUT2D eigenvalue weighted by Crippen LogP contribution is -2.32. The number of amides is 3. The van der Waals surface area contributed by atoms with Gasteiger partial charge in [-0.3, -0.25) is 24.2 Å². The molecule has 28 heavy (non-hydrogen) atoms. The second-order valence-corrected chi connectivity index (χ2v) is 7.29. The quantitative estimate of drug-likeness (QED) is 0.786. The van der Waals surface area contributed by atoms with Gasteiger partial charge in [-0.25, -0.2) is 0 Å². The number of hydrogen-bond acceptors (Lipinski definition) is 4. The number of benzene rings is 2. The number of rotatable bonds is 6. The Kier molecular flexibility index (Phi) is 5.21. The first-order valence-electron chi connectivity index (χ1n) is 9.68. The molecule has 144 valence electrons. The van der Waals surface area contributed by atoms with E-state index < -0.39 is 0 Å². The minimum Gasteiger partial charge on any atom is -0.326 e. The Morgan fingerprint density at radius 3 is 2.29 bits per heavy atom. The molecule has 1 saturated heterocycles. The third-order valence-electron chi connectivity index (χ3n) is 5.26.